The molecule has 2 aliphatic heterocycles. The lowest BCUT2D eigenvalue weighted by Gasteiger charge is -2.57. The highest BCUT2D eigenvalue weighted by atomic mass is 16.5. The Hall–Kier alpha value is -1.50. The molecule has 0 unspecified atom stereocenters. The first-order valence-electron chi connectivity index (χ1n) is 9.78. The Morgan fingerprint density at radius 3 is 2.69 bits per heavy atom. The lowest BCUT2D eigenvalue weighted by atomic mass is 9.62. The quantitative estimate of drug-likeness (QED) is 0.889. The van der Waals surface area contributed by atoms with E-state index in [9.17, 15) is 4.79 Å². The van der Waals surface area contributed by atoms with Gasteiger partial charge in [-0.2, -0.15) is 0 Å². The Kier molecular flexibility index (Phi) is 4.99. The third-order valence-corrected chi connectivity index (χ3v) is 6.68. The molecule has 0 aromatic carbocycles. The highest BCUT2D eigenvalue weighted by Gasteiger charge is 2.54. The van der Waals surface area contributed by atoms with Crippen LogP contribution in [-0.2, 0) is 15.1 Å². The number of ether oxygens (including phenoxy) is 2. The van der Waals surface area contributed by atoms with Crippen molar-refractivity contribution >= 4 is 5.91 Å². The van der Waals surface area contributed by atoms with E-state index >= 15 is 0 Å². The van der Waals surface area contributed by atoms with E-state index in [-0.39, 0.29) is 5.60 Å². The van der Waals surface area contributed by atoms with E-state index in [1.165, 1.54) is 12.8 Å². The maximum absolute atomic E-state index is 11.6. The van der Waals surface area contributed by atoms with Gasteiger partial charge in [-0.3, -0.25) is 14.7 Å². The van der Waals surface area contributed by atoms with Crippen LogP contribution >= 0.6 is 0 Å². The number of nitrogens with zero attached hydrogens (tertiary/aromatic N) is 2. The van der Waals surface area contributed by atoms with E-state index in [0.717, 1.165) is 51.1 Å². The van der Waals surface area contributed by atoms with Crippen LogP contribution in [-0.4, -0.2) is 55.2 Å². The number of nitrogens with two attached hydrogens (primary N) is 1. The predicted octanol–water partition coefficient (Wildman–Crippen LogP) is 1.93. The molecule has 1 aliphatic carbocycles. The minimum Gasteiger partial charge on any atom is -0.380 e. The van der Waals surface area contributed by atoms with E-state index in [4.69, 9.17) is 15.2 Å². The van der Waals surface area contributed by atoms with Crippen molar-refractivity contribution in [2.75, 3.05) is 33.4 Å². The number of fused-ring (bicyclic) bond motifs is 2. The molecule has 3 heterocycles. The fraction of sp³-hybridized carbons (Fsp3) is 0.700. The van der Waals surface area contributed by atoms with E-state index in [1.54, 1.807) is 6.20 Å². The number of piperidine rings is 1. The Morgan fingerprint density at radius 1 is 1.31 bits per heavy atom. The Bertz CT molecular complexity index is 645. The minimum atomic E-state index is -0.486. The molecule has 6 heteroatoms. The van der Waals surface area contributed by atoms with Crippen molar-refractivity contribution in [1.29, 1.82) is 0 Å². The molecule has 4 rings (SSSR count). The van der Waals surface area contributed by atoms with Crippen molar-refractivity contribution in [3.8, 4) is 0 Å². The van der Waals surface area contributed by atoms with Crippen LogP contribution in [0.2, 0.25) is 0 Å². The summed E-state index contributed by atoms with van der Waals surface area (Å²) in [5.74, 6) is 0.329. The number of carbonyl (C=O) groups is 1. The summed E-state index contributed by atoms with van der Waals surface area (Å²) in [6.45, 7) is 3.78. The van der Waals surface area contributed by atoms with E-state index in [2.05, 4.69) is 9.88 Å². The summed E-state index contributed by atoms with van der Waals surface area (Å²) in [5, 5.41) is 0. The second-order valence-corrected chi connectivity index (χ2v) is 7.94. The summed E-state index contributed by atoms with van der Waals surface area (Å²) >= 11 is 0. The monoisotopic (exact) mass is 359 g/mol. The van der Waals surface area contributed by atoms with Gasteiger partial charge in [0.2, 0.25) is 0 Å². The lowest BCUT2D eigenvalue weighted by Crippen LogP contribution is -2.61. The Morgan fingerprint density at radius 2 is 2.08 bits per heavy atom. The fourth-order valence-corrected chi connectivity index (χ4v) is 5.51. The number of likely N-dealkylation sites (tertiary alicyclic amines) is 1. The van der Waals surface area contributed by atoms with Crippen LogP contribution in [0.25, 0.3) is 0 Å². The topological polar surface area (TPSA) is 77.7 Å². The van der Waals surface area contributed by atoms with Gasteiger partial charge in [0.05, 0.1) is 6.61 Å². The minimum absolute atomic E-state index is 0.320. The van der Waals surface area contributed by atoms with Gasteiger partial charge in [-0.05, 0) is 43.4 Å². The number of primary amides is 1. The van der Waals surface area contributed by atoms with Gasteiger partial charge in [0.1, 0.15) is 11.3 Å². The highest BCUT2D eigenvalue weighted by molar-refractivity contribution is 5.90. The number of amides is 1. The fourth-order valence-electron chi connectivity index (χ4n) is 5.51. The summed E-state index contributed by atoms with van der Waals surface area (Å²) in [4.78, 5) is 18.4. The molecule has 26 heavy (non-hydrogen) atoms. The number of hydrogen-bond acceptors (Lipinski definition) is 5. The third kappa shape index (κ3) is 2.94. The van der Waals surface area contributed by atoms with Gasteiger partial charge in [0.25, 0.3) is 5.91 Å². The van der Waals surface area contributed by atoms with Gasteiger partial charge in [-0.1, -0.05) is 6.42 Å². The zero-order valence-electron chi connectivity index (χ0n) is 15.5. The number of methoxy groups -OCH3 is 1. The summed E-state index contributed by atoms with van der Waals surface area (Å²) in [5.41, 5.74) is 6.49. The molecule has 4 atom stereocenters. The molecular formula is C20H29N3O3. The van der Waals surface area contributed by atoms with Crippen molar-refractivity contribution in [3.05, 3.63) is 29.6 Å². The van der Waals surface area contributed by atoms with E-state index < -0.39 is 5.91 Å². The third-order valence-electron chi connectivity index (χ3n) is 6.68. The zero-order chi connectivity index (χ0) is 18.1. The molecule has 6 nitrogen and oxygen atoms in total. The van der Waals surface area contributed by atoms with Crippen molar-refractivity contribution in [2.45, 2.75) is 43.7 Å². The molecule has 142 valence electrons. The molecule has 0 radical (unpaired) electrons. The first-order valence-corrected chi connectivity index (χ1v) is 9.78. The first kappa shape index (κ1) is 17.9. The SMILES string of the molecule is CO[C@@]1(c2ccnc(C(N)=O)c2)[C@@H]2CCC[C@H]1CN([C@@H]1CCCOC1)C2. The second kappa shape index (κ2) is 7.25. The first-order chi connectivity index (χ1) is 12.6. The standard InChI is InChI=1S/C20H29N3O3/c1-25-20(14-7-8-22-18(10-14)19(21)24)15-4-2-5-16(20)12-23(11-15)17-6-3-9-26-13-17/h7-8,10,15-17H,2-6,9,11-13H2,1H3,(H2,21,24)/t15-,16+,17-,20+/m1/s1. The maximum Gasteiger partial charge on any atom is 0.267 e. The molecule has 3 fully saturated rings. The predicted molar refractivity (Wildman–Crippen MR) is 97.7 cm³/mol. The van der Waals surface area contributed by atoms with Crippen LogP contribution in [0.15, 0.2) is 18.3 Å². The van der Waals surface area contributed by atoms with Gasteiger partial charge >= 0.3 is 0 Å². The number of aromatic nitrogens is 1. The molecule has 2 saturated heterocycles. The normalized spacial score (nSPS) is 35.2. The van der Waals surface area contributed by atoms with Gasteiger partial charge < -0.3 is 15.2 Å². The molecule has 2 N–H and O–H groups in total. The van der Waals surface area contributed by atoms with Crippen LogP contribution in [0, 0.1) is 11.8 Å². The van der Waals surface area contributed by atoms with Crippen LogP contribution in [0.3, 0.4) is 0 Å². The number of hydrogen-bond donors (Lipinski definition) is 1. The van der Waals surface area contributed by atoms with Crippen LogP contribution in [0.4, 0.5) is 0 Å². The van der Waals surface area contributed by atoms with Gasteiger partial charge in [0, 0.05) is 50.9 Å². The Balaban J connectivity index is 1.66. The smallest absolute Gasteiger partial charge is 0.267 e. The lowest BCUT2D eigenvalue weighted by molar-refractivity contribution is -0.179. The molecule has 2 bridgehead atoms. The summed E-state index contributed by atoms with van der Waals surface area (Å²) < 4.78 is 12.0. The van der Waals surface area contributed by atoms with Crippen molar-refractivity contribution in [1.82, 2.24) is 9.88 Å². The molecule has 1 amide bonds. The summed E-state index contributed by atoms with van der Waals surface area (Å²) in [6, 6.07) is 4.37. The Labute approximate surface area is 155 Å². The van der Waals surface area contributed by atoms with Crippen LogP contribution < -0.4 is 5.73 Å². The molecule has 0 spiro atoms. The van der Waals surface area contributed by atoms with Gasteiger partial charge in [-0.25, -0.2) is 0 Å². The second-order valence-electron chi connectivity index (χ2n) is 7.94. The van der Waals surface area contributed by atoms with Crippen LogP contribution in [0.5, 0.6) is 0 Å². The zero-order valence-corrected chi connectivity index (χ0v) is 15.5. The molecule has 1 aromatic rings. The van der Waals surface area contributed by atoms with E-state index in [1.807, 2.05) is 19.2 Å². The van der Waals surface area contributed by atoms with Crippen molar-refractivity contribution in [3.63, 3.8) is 0 Å². The average Bonchev–Trinajstić information content (AvgIpc) is 2.67. The molecular weight excluding hydrogens is 330 g/mol. The summed E-state index contributed by atoms with van der Waals surface area (Å²) in [7, 11) is 1.81. The average molecular weight is 359 g/mol. The molecule has 3 aliphatic rings. The van der Waals surface area contributed by atoms with Gasteiger partial charge in [-0.15, -0.1) is 0 Å². The molecule has 1 aromatic heterocycles. The largest absolute Gasteiger partial charge is 0.380 e. The van der Waals surface area contributed by atoms with Crippen molar-refractivity contribution < 1.29 is 14.3 Å². The van der Waals surface area contributed by atoms with Crippen molar-refractivity contribution in [2.24, 2.45) is 17.6 Å². The molecule has 1 saturated carbocycles. The van der Waals surface area contributed by atoms with Crippen LogP contribution in [0.1, 0.15) is 48.2 Å². The van der Waals surface area contributed by atoms with Gasteiger partial charge in [0.15, 0.2) is 0 Å². The maximum atomic E-state index is 11.6. The van der Waals surface area contributed by atoms with E-state index in [0.29, 0.717) is 23.6 Å². The number of pyridine rings is 1. The number of rotatable bonds is 4. The summed E-state index contributed by atoms with van der Waals surface area (Å²) in [6.07, 6.45) is 7.58. The highest BCUT2D eigenvalue weighted by Crippen LogP contribution is 2.52. The number of carbonyl (C=O) groups excluding carboxylic acids is 1.